The van der Waals surface area contributed by atoms with Gasteiger partial charge in [-0.25, -0.2) is 8.42 Å². The highest BCUT2D eigenvalue weighted by atomic mass is 32.2. The molecule has 0 atom stereocenters. The maximum absolute atomic E-state index is 11.9. The van der Waals surface area contributed by atoms with Gasteiger partial charge in [0, 0.05) is 18.1 Å². The van der Waals surface area contributed by atoms with E-state index in [1.807, 2.05) is 0 Å². The van der Waals surface area contributed by atoms with E-state index >= 15 is 0 Å². The van der Waals surface area contributed by atoms with Gasteiger partial charge in [0.1, 0.15) is 15.6 Å². The lowest BCUT2D eigenvalue weighted by atomic mass is 9.93. The maximum Gasteiger partial charge on any atom is 0.150 e. The summed E-state index contributed by atoms with van der Waals surface area (Å²) in [6.45, 7) is 1.66. The molecule has 0 heterocycles. The maximum atomic E-state index is 11.9. The summed E-state index contributed by atoms with van der Waals surface area (Å²) in [4.78, 5) is 11.9. The summed E-state index contributed by atoms with van der Waals surface area (Å²) in [5.41, 5.74) is 0. The first-order valence-corrected chi connectivity index (χ1v) is 8.60. The van der Waals surface area contributed by atoms with E-state index in [2.05, 4.69) is 0 Å². The predicted octanol–water partition coefficient (Wildman–Crippen LogP) is 2.74. The third-order valence-corrected chi connectivity index (χ3v) is 5.42. The van der Waals surface area contributed by atoms with Gasteiger partial charge in [0.15, 0.2) is 0 Å². The second kappa shape index (κ2) is 7.14. The molecule has 0 spiro atoms. The molecule has 0 aliphatic heterocycles. The molecule has 1 aliphatic rings. The Morgan fingerprint density at radius 2 is 1.71 bits per heavy atom. The highest BCUT2D eigenvalue weighted by Crippen LogP contribution is 2.24. The van der Waals surface area contributed by atoms with E-state index in [1.165, 1.54) is 12.8 Å². The summed E-state index contributed by atoms with van der Waals surface area (Å²) in [6.07, 6.45) is 7.78. The number of hydrogen-bond donors (Lipinski definition) is 0. The Balaban J connectivity index is 2.29. The average Bonchev–Trinajstić information content (AvgIpc) is 2.57. The average molecular weight is 260 g/mol. The molecule has 0 radical (unpaired) electrons. The second-order valence-corrected chi connectivity index (χ2v) is 7.47. The van der Waals surface area contributed by atoms with Crippen molar-refractivity contribution < 1.29 is 13.2 Å². The van der Waals surface area contributed by atoms with Crippen LogP contribution in [0.15, 0.2) is 0 Å². The monoisotopic (exact) mass is 260 g/mol. The molecule has 1 aliphatic carbocycles. The third-order valence-electron chi connectivity index (χ3n) is 3.63. The van der Waals surface area contributed by atoms with E-state index < -0.39 is 9.84 Å². The Bertz CT molecular complexity index is 325. The molecule has 0 amide bonds. The van der Waals surface area contributed by atoms with Gasteiger partial charge >= 0.3 is 0 Å². The van der Waals surface area contributed by atoms with E-state index in [0.717, 1.165) is 25.7 Å². The van der Waals surface area contributed by atoms with Crippen LogP contribution in [0.1, 0.15) is 58.3 Å². The summed E-state index contributed by atoms with van der Waals surface area (Å²) < 4.78 is 22.6. The van der Waals surface area contributed by atoms with Crippen LogP contribution < -0.4 is 0 Å². The zero-order chi connectivity index (χ0) is 12.7. The number of carbonyl (C=O) groups is 1. The van der Waals surface area contributed by atoms with Crippen molar-refractivity contribution >= 4 is 15.6 Å². The molecule has 1 fully saturated rings. The first-order valence-electron chi connectivity index (χ1n) is 6.78. The molecule has 0 aromatic carbocycles. The highest BCUT2D eigenvalue weighted by Gasteiger charge is 2.20. The number of ketones is 1. The van der Waals surface area contributed by atoms with Crippen LogP contribution in [0, 0.1) is 5.92 Å². The van der Waals surface area contributed by atoms with E-state index in [4.69, 9.17) is 0 Å². The van der Waals surface area contributed by atoms with Crippen LogP contribution in [0.4, 0.5) is 0 Å². The van der Waals surface area contributed by atoms with Gasteiger partial charge in [0.25, 0.3) is 0 Å². The largest absolute Gasteiger partial charge is 0.299 e. The molecule has 17 heavy (non-hydrogen) atoms. The van der Waals surface area contributed by atoms with Crippen LogP contribution in [0.25, 0.3) is 0 Å². The van der Waals surface area contributed by atoms with Crippen molar-refractivity contribution in [3.05, 3.63) is 0 Å². The van der Waals surface area contributed by atoms with Crippen molar-refractivity contribution in [1.29, 1.82) is 0 Å². The first-order chi connectivity index (χ1) is 8.05. The van der Waals surface area contributed by atoms with Gasteiger partial charge in [0.05, 0.1) is 5.75 Å². The lowest BCUT2D eigenvalue weighted by Gasteiger charge is -2.12. The molecular formula is C13H24O3S. The van der Waals surface area contributed by atoms with Crippen LogP contribution in [-0.2, 0) is 14.6 Å². The van der Waals surface area contributed by atoms with Crippen molar-refractivity contribution in [2.75, 3.05) is 11.5 Å². The van der Waals surface area contributed by atoms with Crippen molar-refractivity contribution in [2.45, 2.75) is 58.3 Å². The Morgan fingerprint density at radius 1 is 1.12 bits per heavy atom. The van der Waals surface area contributed by atoms with Crippen molar-refractivity contribution in [3.63, 3.8) is 0 Å². The molecule has 1 saturated carbocycles. The van der Waals surface area contributed by atoms with Crippen molar-refractivity contribution in [3.8, 4) is 0 Å². The molecule has 1 rings (SSSR count). The molecule has 100 valence electrons. The molecule has 0 aromatic rings. The van der Waals surface area contributed by atoms with Crippen LogP contribution in [0.2, 0.25) is 0 Å². The number of Topliss-reactive ketones (excluding diaryl/α,β-unsaturated/α-hetero) is 1. The Kier molecular flexibility index (Phi) is 6.17. The lowest BCUT2D eigenvalue weighted by molar-refractivity contribution is -0.123. The quantitative estimate of drug-likeness (QED) is 0.690. The van der Waals surface area contributed by atoms with E-state index in [-0.39, 0.29) is 17.4 Å². The van der Waals surface area contributed by atoms with E-state index in [0.29, 0.717) is 18.6 Å². The Hall–Kier alpha value is -0.380. The molecule has 0 saturated heterocycles. The van der Waals surface area contributed by atoms with Crippen LogP contribution in [0.3, 0.4) is 0 Å². The van der Waals surface area contributed by atoms with Gasteiger partial charge in [-0.15, -0.1) is 0 Å². The molecule has 0 aromatic heterocycles. The number of carbonyl (C=O) groups excluding carboxylic acids is 1. The van der Waals surface area contributed by atoms with Gasteiger partial charge in [-0.1, -0.05) is 32.6 Å². The number of rotatable bonds is 6. The summed E-state index contributed by atoms with van der Waals surface area (Å²) in [5, 5.41) is 0. The zero-order valence-corrected chi connectivity index (χ0v) is 11.6. The van der Waals surface area contributed by atoms with Crippen molar-refractivity contribution in [1.82, 2.24) is 0 Å². The zero-order valence-electron chi connectivity index (χ0n) is 10.8. The van der Waals surface area contributed by atoms with Gasteiger partial charge < -0.3 is 0 Å². The van der Waals surface area contributed by atoms with Gasteiger partial charge in [-0.3, -0.25) is 4.79 Å². The summed E-state index contributed by atoms with van der Waals surface area (Å²) in [7, 11) is -2.91. The van der Waals surface area contributed by atoms with Crippen LogP contribution in [0.5, 0.6) is 0 Å². The third kappa shape index (κ3) is 5.66. The minimum atomic E-state index is -2.91. The normalized spacial score (nSPS) is 18.9. The minimum Gasteiger partial charge on any atom is -0.299 e. The standard InChI is InChI=1S/C13H24O3S/c1-2-17(15,16)11-7-10-13(14)12-8-5-3-4-6-9-12/h12H,2-11H2,1H3. The smallest absolute Gasteiger partial charge is 0.150 e. The first kappa shape index (κ1) is 14.7. The highest BCUT2D eigenvalue weighted by molar-refractivity contribution is 7.91. The van der Waals surface area contributed by atoms with E-state index in [1.54, 1.807) is 6.92 Å². The molecular weight excluding hydrogens is 236 g/mol. The summed E-state index contributed by atoms with van der Waals surface area (Å²) in [5.74, 6) is 0.854. The minimum absolute atomic E-state index is 0.169. The van der Waals surface area contributed by atoms with Crippen LogP contribution >= 0.6 is 0 Å². The predicted molar refractivity (Wildman–Crippen MR) is 69.8 cm³/mol. The SMILES string of the molecule is CCS(=O)(=O)CCCC(=O)C1CCCCCC1. The van der Waals surface area contributed by atoms with Gasteiger partial charge in [-0.2, -0.15) is 0 Å². The molecule has 0 unspecified atom stereocenters. The van der Waals surface area contributed by atoms with Crippen LogP contribution in [-0.4, -0.2) is 25.7 Å². The lowest BCUT2D eigenvalue weighted by Crippen LogP contribution is -2.16. The Labute approximate surface area is 105 Å². The fourth-order valence-corrected chi connectivity index (χ4v) is 3.29. The second-order valence-electron chi connectivity index (χ2n) is 4.99. The van der Waals surface area contributed by atoms with Gasteiger partial charge in [0.2, 0.25) is 0 Å². The fourth-order valence-electron chi connectivity index (χ4n) is 2.42. The topological polar surface area (TPSA) is 51.2 Å². The fraction of sp³-hybridized carbons (Fsp3) is 0.923. The Morgan fingerprint density at radius 3 is 2.24 bits per heavy atom. The molecule has 0 bridgehead atoms. The van der Waals surface area contributed by atoms with Gasteiger partial charge in [-0.05, 0) is 19.3 Å². The summed E-state index contributed by atoms with van der Waals surface area (Å²) in [6, 6.07) is 0. The number of sulfone groups is 1. The molecule has 4 heteroatoms. The molecule has 3 nitrogen and oxygen atoms in total. The number of hydrogen-bond acceptors (Lipinski definition) is 3. The van der Waals surface area contributed by atoms with E-state index in [9.17, 15) is 13.2 Å². The summed E-state index contributed by atoms with van der Waals surface area (Å²) >= 11 is 0. The molecule has 0 N–H and O–H groups in total. The van der Waals surface area contributed by atoms with Crippen molar-refractivity contribution in [2.24, 2.45) is 5.92 Å².